The summed E-state index contributed by atoms with van der Waals surface area (Å²) >= 11 is 0. The van der Waals surface area contributed by atoms with E-state index < -0.39 is 16.0 Å². The zero-order valence-corrected chi connectivity index (χ0v) is 7.02. The Kier molecular flexibility index (Phi) is 4.06. The number of carboxylic acids is 1. The minimum Gasteiger partial charge on any atom is -0.481 e. The normalized spacial score (nSPS) is 11.4. The Morgan fingerprint density at radius 3 is 2.45 bits per heavy atom. The second-order valence-electron chi connectivity index (χ2n) is 2.16. The fourth-order valence-electron chi connectivity index (χ4n) is 0.497. The van der Waals surface area contributed by atoms with Gasteiger partial charge in [0, 0.05) is 13.0 Å². The Bertz CT molecular complexity index is 221. The molecule has 0 radical (unpaired) electrons. The summed E-state index contributed by atoms with van der Waals surface area (Å²) in [7, 11) is -3.16. The molecule has 0 bridgehead atoms. The van der Waals surface area contributed by atoms with Crippen LogP contribution in [-0.2, 0) is 14.8 Å². The first kappa shape index (κ1) is 10.4. The zero-order valence-electron chi connectivity index (χ0n) is 6.20. The van der Waals surface area contributed by atoms with E-state index in [0.717, 1.165) is 6.26 Å². The molecular formula is C5H11NO4S. The average molecular weight is 181 g/mol. The molecule has 0 fully saturated rings. The summed E-state index contributed by atoms with van der Waals surface area (Å²) in [5, 5.41) is 8.17. The third-order valence-corrected chi connectivity index (χ3v) is 1.66. The van der Waals surface area contributed by atoms with Crippen LogP contribution in [0.4, 0.5) is 0 Å². The van der Waals surface area contributed by atoms with Gasteiger partial charge in [-0.15, -0.1) is 0 Å². The second kappa shape index (κ2) is 4.30. The van der Waals surface area contributed by atoms with Crippen molar-refractivity contribution >= 4 is 16.0 Å². The lowest BCUT2D eigenvalue weighted by atomic mass is 10.3. The molecule has 6 heteroatoms. The SMILES string of the molecule is CS(=O)(=O)NCCCC(=O)O. The Morgan fingerprint density at radius 1 is 1.55 bits per heavy atom. The van der Waals surface area contributed by atoms with E-state index in [1.54, 1.807) is 0 Å². The quantitative estimate of drug-likeness (QED) is 0.555. The maximum Gasteiger partial charge on any atom is 0.303 e. The Labute approximate surface area is 65.5 Å². The third-order valence-electron chi connectivity index (χ3n) is 0.932. The van der Waals surface area contributed by atoms with Crippen molar-refractivity contribution in [1.29, 1.82) is 0 Å². The van der Waals surface area contributed by atoms with Crippen molar-refractivity contribution in [2.45, 2.75) is 12.8 Å². The van der Waals surface area contributed by atoms with Gasteiger partial charge in [-0.3, -0.25) is 4.79 Å². The maximum atomic E-state index is 10.4. The van der Waals surface area contributed by atoms with Gasteiger partial charge in [0.15, 0.2) is 0 Å². The molecule has 0 rings (SSSR count). The Morgan fingerprint density at radius 2 is 2.09 bits per heavy atom. The highest BCUT2D eigenvalue weighted by Crippen LogP contribution is 1.86. The van der Waals surface area contributed by atoms with Crippen LogP contribution in [0.15, 0.2) is 0 Å². The van der Waals surface area contributed by atoms with Crippen molar-refractivity contribution in [2.75, 3.05) is 12.8 Å². The summed E-state index contributed by atoms with van der Waals surface area (Å²) in [4.78, 5) is 9.95. The smallest absolute Gasteiger partial charge is 0.303 e. The van der Waals surface area contributed by atoms with Crippen LogP contribution >= 0.6 is 0 Å². The summed E-state index contributed by atoms with van der Waals surface area (Å²) in [6.07, 6.45) is 1.35. The van der Waals surface area contributed by atoms with E-state index in [-0.39, 0.29) is 13.0 Å². The fraction of sp³-hybridized carbons (Fsp3) is 0.800. The van der Waals surface area contributed by atoms with E-state index in [1.807, 2.05) is 0 Å². The first-order chi connectivity index (χ1) is 4.92. The molecule has 0 saturated carbocycles. The molecule has 5 nitrogen and oxygen atoms in total. The van der Waals surface area contributed by atoms with E-state index in [1.165, 1.54) is 0 Å². The van der Waals surface area contributed by atoms with Gasteiger partial charge in [0.05, 0.1) is 6.26 Å². The number of hydrogen-bond donors (Lipinski definition) is 2. The minimum absolute atomic E-state index is 0.0114. The lowest BCUT2D eigenvalue weighted by Gasteiger charge is -1.98. The Hall–Kier alpha value is -0.620. The number of rotatable bonds is 5. The van der Waals surface area contributed by atoms with Crippen LogP contribution in [-0.4, -0.2) is 32.3 Å². The van der Waals surface area contributed by atoms with Crippen molar-refractivity contribution < 1.29 is 18.3 Å². The minimum atomic E-state index is -3.16. The number of carbonyl (C=O) groups is 1. The third kappa shape index (κ3) is 9.38. The highest BCUT2D eigenvalue weighted by atomic mass is 32.2. The van der Waals surface area contributed by atoms with Crippen molar-refractivity contribution in [3.8, 4) is 0 Å². The molecule has 0 aromatic heterocycles. The lowest BCUT2D eigenvalue weighted by molar-refractivity contribution is -0.137. The lowest BCUT2D eigenvalue weighted by Crippen LogP contribution is -2.23. The topological polar surface area (TPSA) is 83.5 Å². The van der Waals surface area contributed by atoms with Crippen LogP contribution in [0.25, 0.3) is 0 Å². The van der Waals surface area contributed by atoms with E-state index in [0.29, 0.717) is 6.42 Å². The van der Waals surface area contributed by atoms with Gasteiger partial charge in [-0.25, -0.2) is 13.1 Å². The molecule has 0 aromatic carbocycles. The van der Waals surface area contributed by atoms with Crippen LogP contribution in [0.1, 0.15) is 12.8 Å². The predicted molar refractivity (Wildman–Crippen MR) is 39.7 cm³/mol. The standard InChI is InChI=1S/C5H11NO4S/c1-11(9,10)6-4-2-3-5(7)8/h6H,2-4H2,1H3,(H,7,8). The fourth-order valence-corrected chi connectivity index (χ4v) is 1.01. The van der Waals surface area contributed by atoms with E-state index in [9.17, 15) is 13.2 Å². The van der Waals surface area contributed by atoms with E-state index in [2.05, 4.69) is 4.72 Å². The largest absolute Gasteiger partial charge is 0.481 e. The van der Waals surface area contributed by atoms with Gasteiger partial charge in [-0.2, -0.15) is 0 Å². The number of carboxylic acid groups (broad SMARTS) is 1. The first-order valence-electron chi connectivity index (χ1n) is 3.08. The van der Waals surface area contributed by atoms with Crippen LogP contribution in [0.3, 0.4) is 0 Å². The zero-order chi connectivity index (χ0) is 8.91. The maximum absolute atomic E-state index is 10.4. The molecule has 0 saturated heterocycles. The van der Waals surface area contributed by atoms with Crippen LogP contribution in [0.2, 0.25) is 0 Å². The number of sulfonamides is 1. The molecule has 0 unspecified atom stereocenters. The first-order valence-corrected chi connectivity index (χ1v) is 4.97. The summed E-state index contributed by atoms with van der Waals surface area (Å²) in [5.41, 5.74) is 0. The van der Waals surface area contributed by atoms with Gasteiger partial charge in [0.1, 0.15) is 0 Å². The number of hydrogen-bond acceptors (Lipinski definition) is 3. The van der Waals surface area contributed by atoms with Crippen LogP contribution in [0.5, 0.6) is 0 Å². The van der Waals surface area contributed by atoms with Gasteiger partial charge in [-0.05, 0) is 6.42 Å². The van der Waals surface area contributed by atoms with Gasteiger partial charge in [0.2, 0.25) is 10.0 Å². The molecule has 0 spiro atoms. The van der Waals surface area contributed by atoms with Gasteiger partial charge >= 0.3 is 5.97 Å². The van der Waals surface area contributed by atoms with Gasteiger partial charge in [0.25, 0.3) is 0 Å². The van der Waals surface area contributed by atoms with Crippen molar-refractivity contribution in [3.63, 3.8) is 0 Å². The molecule has 0 aliphatic carbocycles. The highest BCUT2D eigenvalue weighted by molar-refractivity contribution is 7.88. The summed E-state index contributed by atoms with van der Waals surface area (Å²) in [6.45, 7) is 0.186. The molecule has 2 N–H and O–H groups in total. The van der Waals surface area contributed by atoms with Gasteiger partial charge in [-0.1, -0.05) is 0 Å². The monoisotopic (exact) mass is 181 g/mol. The average Bonchev–Trinajstić information content (AvgIpc) is 1.78. The highest BCUT2D eigenvalue weighted by Gasteiger charge is 2.00. The molecule has 0 aromatic rings. The van der Waals surface area contributed by atoms with Crippen molar-refractivity contribution in [2.24, 2.45) is 0 Å². The second-order valence-corrected chi connectivity index (χ2v) is 4.00. The van der Waals surface area contributed by atoms with E-state index in [4.69, 9.17) is 5.11 Å². The van der Waals surface area contributed by atoms with Crippen molar-refractivity contribution in [1.82, 2.24) is 4.72 Å². The number of aliphatic carboxylic acids is 1. The summed E-state index contributed by atoms with van der Waals surface area (Å²) in [5.74, 6) is -0.916. The molecule has 66 valence electrons. The van der Waals surface area contributed by atoms with E-state index >= 15 is 0 Å². The molecule has 0 heterocycles. The van der Waals surface area contributed by atoms with Crippen LogP contribution in [0, 0.1) is 0 Å². The Balaban J connectivity index is 3.37. The van der Waals surface area contributed by atoms with Crippen molar-refractivity contribution in [3.05, 3.63) is 0 Å². The molecule has 0 atom stereocenters. The molecule has 0 aliphatic heterocycles. The molecule has 0 amide bonds. The molecule has 11 heavy (non-hydrogen) atoms. The molecule has 0 aliphatic rings. The summed E-state index contributed by atoms with van der Waals surface area (Å²) < 4.78 is 23.0. The summed E-state index contributed by atoms with van der Waals surface area (Å²) in [6, 6.07) is 0. The number of nitrogens with one attached hydrogen (secondary N) is 1. The van der Waals surface area contributed by atoms with Crippen LogP contribution < -0.4 is 4.72 Å². The molecular weight excluding hydrogens is 170 g/mol. The predicted octanol–water partition coefficient (Wildman–Crippen LogP) is -0.600. The van der Waals surface area contributed by atoms with Gasteiger partial charge < -0.3 is 5.11 Å².